The van der Waals surface area contributed by atoms with Crippen LogP contribution in [-0.2, 0) is 10.0 Å². The van der Waals surface area contributed by atoms with Crippen LogP contribution in [0.2, 0.25) is 0 Å². The molecule has 103 valence electrons. The molecule has 0 unspecified atom stereocenters. The van der Waals surface area contributed by atoms with Gasteiger partial charge in [-0.05, 0) is 45.9 Å². The Bertz CT molecular complexity index is 507. The molecule has 1 aliphatic heterocycles. The van der Waals surface area contributed by atoms with E-state index in [1.54, 1.807) is 27.7 Å². The van der Waals surface area contributed by atoms with E-state index < -0.39 is 22.6 Å². The van der Waals surface area contributed by atoms with Crippen LogP contribution < -0.4 is 0 Å². The Morgan fingerprint density at radius 2 is 1.68 bits per heavy atom. The highest BCUT2D eigenvalue weighted by molar-refractivity contribution is 6.04. The number of allylic oxidation sites excluding steroid dienone is 4. The van der Waals surface area contributed by atoms with Gasteiger partial charge in [-0.25, -0.2) is 5.06 Å². The molecule has 0 aromatic carbocycles. The van der Waals surface area contributed by atoms with Crippen molar-refractivity contribution >= 4 is 5.78 Å². The molecule has 0 bridgehead atoms. The maximum absolute atomic E-state index is 12.4. The van der Waals surface area contributed by atoms with Gasteiger partial charge in [-0.1, -0.05) is 5.21 Å². The van der Waals surface area contributed by atoms with Crippen LogP contribution in [0.5, 0.6) is 0 Å². The zero-order valence-corrected chi connectivity index (χ0v) is 11.3. The van der Waals surface area contributed by atoms with E-state index in [9.17, 15) is 20.3 Å². The summed E-state index contributed by atoms with van der Waals surface area (Å²) in [6, 6.07) is 0. The standard InChI is InChI=1S/C13H17N2O4/c1-12(2)13(3,4)15(19)11(14(12)18)8-5-6-9(16)10(17)7-8/h5-7,17-18H,1-4H3/b11-8+. The molecule has 19 heavy (non-hydrogen) atoms. The molecule has 2 N–H and O–H groups in total. The van der Waals surface area contributed by atoms with Crippen molar-refractivity contribution in [2.24, 2.45) is 0 Å². The topological polar surface area (TPSA) is 83.9 Å². The van der Waals surface area contributed by atoms with Gasteiger partial charge in [0, 0.05) is 5.57 Å². The third-order valence-corrected chi connectivity index (χ3v) is 4.14. The molecule has 1 radical (unpaired) electrons. The van der Waals surface area contributed by atoms with Crippen LogP contribution >= 0.6 is 0 Å². The molecule has 1 heterocycles. The maximum atomic E-state index is 12.4. The largest absolute Gasteiger partial charge is 0.504 e. The molecular weight excluding hydrogens is 248 g/mol. The van der Waals surface area contributed by atoms with Crippen molar-refractivity contribution < 1.29 is 20.3 Å². The van der Waals surface area contributed by atoms with Crippen molar-refractivity contribution in [3.63, 3.8) is 0 Å². The van der Waals surface area contributed by atoms with Crippen molar-refractivity contribution in [3.05, 3.63) is 35.4 Å². The number of nitrogens with zero attached hydrogens (tertiary/aromatic N) is 2. The second kappa shape index (κ2) is 3.85. The second-order valence-corrected chi connectivity index (χ2v) is 5.73. The van der Waals surface area contributed by atoms with Crippen molar-refractivity contribution in [1.29, 1.82) is 0 Å². The van der Waals surface area contributed by atoms with Gasteiger partial charge >= 0.3 is 0 Å². The first-order chi connectivity index (χ1) is 8.60. The Labute approximate surface area is 111 Å². The Hall–Kier alpha value is -1.79. The smallest absolute Gasteiger partial charge is 0.220 e. The second-order valence-electron chi connectivity index (χ2n) is 5.73. The van der Waals surface area contributed by atoms with Gasteiger partial charge in [0.05, 0.1) is 11.1 Å². The third-order valence-electron chi connectivity index (χ3n) is 4.14. The molecule has 0 atom stereocenters. The quantitative estimate of drug-likeness (QED) is 0.696. The van der Waals surface area contributed by atoms with Crippen molar-refractivity contribution in [2.75, 3.05) is 0 Å². The molecule has 0 spiro atoms. The van der Waals surface area contributed by atoms with Crippen LogP contribution in [0, 0.1) is 0 Å². The minimum absolute atomic E-state index is 0.0188. The van der Waals surface area contributed by atoms with Gasteiger partial charge in [-0.2, -0.15) is 5.06 Å². The lowest BCUT2D eigenvalue weighted by molar-refractivity contribution is -0.181. The summed E-state index contributed by atoms with van der Waals surface area (Å²) < 4.78 is 0. The third kappa shape index (κ3) is 1.67. The molecule has 2 aliphatic rings. The Kier molecular flexibility index (Phi) is 2.76. The predicted octanol–water partition coefficient (Wildman–Crippen LogP) is 1.69. The molecule has 1 fully saturated rings. The van der Waals surface area contributed by atoms with Crippen molar-refractivity contribution in [1.82, 2.24) is 10.1 Å². The van der Waals surface area contributed by atoms with Crippen LogP contribution in [-0.4, -0.2) is 37.3 Å². The van der Waals surface area contributed by atoms with Crippen molar-refractivity contribution in [3.8, 4) is 0 Å². The summed E-state index contributed by atoms with van der Waals surface area (Å²) in [4.78, 5) is 11.2. The highest BCUT2D eigenvalue weighted by Gasteiger charge is 2.56. The first-order valence-corrected chi connectivity index (χ1v) is 5.94. The predicted molar refractivity (Wildman–Crippen MR) is 66.2 cm³/mol. The molecule has 2 rings (SSSR count). The van der Waals surface area contributed by atoms with E-state index in [4.69, 9.17) is 0 Å². The summed E-state index contributed by atoms with van der Waals surface area (Å²) >= 11 is 0. The summed E-state index contributed by atoms with van der Waals surface area (Å²) in [6.45, 7) is 6.93. The molecular formula is C13H17N2O4. The monoisotopic (exact) mass is 265 g/mol. The van der Waals surface area contributed by atoms with Crippen LogP contribution in [0.25, 0.3) is 0 Å². The van der Waals surface area contributed by atoms with Gasteiger partial charge in [0.2, 0.25) is 5.78 Å². The zero-order valence-electron chi connectivity index (χ0n) is 11.3. The van der Waals surface area contributed by atoms with Gasteiger partial charge in [0.15, 0.2) is 11.6 Å². The fourth-order valence-electron chi connectivity index (χ4n) is 2.02. The number of hydrogen-bond acceptors (Lipinski definition) is 5. The van der Waals surface area contributed by atoms with Crippen LogP contribution in [0.1, 0.15) is 27.7 Å². The van der Waals surface area contributed by atoms with Gasteiger partial charge < -0.3 is 5.11 Å². The number of hydroxylamine groups is 4. The molecule has 0 amide bonds. The minimum atomic E-state index is -0.858. The van der Waals surface area contributed by atoms with Gasteiger partial charge in [0.1, 0.15) is 0 Å². The molecule has 1 aliphatic carbocycles. The molecule has 0 aromatic heterocycles. The lowest BCUT2D eigenvalue weighted by atomic mass is 9.84. The number of ketones is 1. The summed E-state index contributed by atoms with van der Waals surface area (Å²) in [6.07, 6.45) is 3.75. The Morgan fingerprint density at radius 3 is 2.11 bits per heavy atom. The molecule has 6 nitrogen and oxygen atoms in total. The van der Waals surface area contributed by atoms with E-state index in [-0.39, 0.29) is 5.82 Å². The number of rotatable bonds is 0. The maximum Gasteiger partial charge on any atom is 0.220 e. The van der Waals surface area contributed by atoms with E-state index in [1.165, 1.54) is 12.2 Å². The number of hydrogen-bond donors (Lipinski definition) is 2. The number of carbonyl (C=O) groups excluding carboxylic acids is 1. The fraction of sp³-hybridized carbons (Fsp3) is 0.462. The van der Waals surface area contributed by atoms with E-state index in [0.29, 0.717) is 10.6 Å². The summed E-state index contributed by atoms with van der Waals surface area (Å²) in [5, 5.41) is 33.6. The molecule has 0 aromatic rings. The lowest BCUT2D eigenvalue weighted by Crippen LogP contribution is -2.52. The zero-order chi connectivity index (χ0) is 14.6. The van der Waals surface area contributed by atoms with E-state index in [1.807, 2.05) is 0 Å². The molecule has 0 saturated carbocycles. The summed E-state index contributed by atoms with van der Waals surface area (Å²) in [5.41, 5.74) is -1.37. The van der Waals surface area contributed by atoms with E-state index in [0.717, 1.165) is 11.1 Å². The van der Waals surface area contributed by atoms with Gasteiger partial charge in [0.25, 0.3) is 0 Å². The SMILES string of the molecule is CC1(C)N([O])/C(=C2\C=CC(=O)C(O)=C2)N(O)C1(C)C. The van der Waals surface area contributed by atoms with Gasteiger partial charge in [-0.15, -0.1) is 0 Å². The average Bonchev–Trinajstić information content (AvgIpc) is 2.43. The first kappa shape index (κ1) is 13.6. The van der Waals surface area contributed by atoms with E-state index in [2.05, 4.69) is 0 Å². The van der Waals surface area contributed by atoms with Gasteiger partial charge in [-0.3, -0.25) is 10.0 Å². The lowest BCUT2D eigenvalue weighted by Gasteiger charge is -2.36. The van der Waals surface area contributed by atoms with Crippen LogP contribution in [0.4, 0.5) is 0 Å². The number of aliphatic hydroxyl groups is 1. The highest BCUT2D eigenvalue weighted by atomic mass is 16.6. The number of aliphatic hydroxyl groups excluding tert-OH is 1. The molecule has 1 saturated heterocycles. The number of carbonyl (C=O) groups is 1. The average molecular weight is 265 g/mol. The normalized spacial score (nSPS) is 28.9. The first-order valence-electron chi connectivity index (χ1n) is 5.94. The fourth-order valence-corrected chi connectivity index (χ4v) is 2.02. The van der Waals surface area contributed by atoms with Crippen molar-refractivity contribution in [2.45, 2.75) is 38.8 Å². The summed E-state index contributed by atoms with van der Waals surface area (Å²) in [7, 11) is 0. The van der Waals surface area contributed by atoms with E-state index >= 15 is 0 Å². The highest BCUT2D eigenvalue weighted by Crippen LogP contribution is 2.44. The minimum Gasteiger partial charge on any atom is -0.504 e. The molecule has 6 heteroatoms. The van der Waals surface area contributed by atoms with Crippen LogP contribution in [0.15, 0.2) is 35.4 Å². The summed E-state index contributed by atoms with van der Waals surface area (Å²) in [5.74, 6) is -0.956. The Balaban J connectivity index is 2.59. The van der Waals surface area contributed by atoms with Crippen LogP contribution in [0.3, 0.4) is 0 Å². The Morgan fingerprint density at radius 1 is 1.11 bits per heavy atom.